The molecule has 3 nitrogen and oxygen atoms in total. The van der Waals surface area contributed by atoms with Crippen molar-refractivity contribution in [3.63, 3.8) is 0 Å². The first-order valence-electron chi connectivity index (χ1n) is 7.96. The van der Waals surface area contributed by atoms with Crippen molar-refractivity contribution in [1.29, 1.82) is 0 Å². The quantitative estimate of drug-likeness (QED) is 0.639. The highest BCUT2D eigenvalue weighted by Crippen LogP contribution is 2.26. The van der Waals surface area contributed by atoms with Crippen molar-refractivity contribution in [2.24, 2.45) is 0 Å². The summed E-state index contributed by atoms with van der Waals surface area (Å²) in [4.78, 5) is 12.4. The minimum atomic E-state index is -0.311. The van der Waals surface area contributed by atoms with Crippen molar-refractivity contribution >= 4 is 16.7 Å². The monoisotopic (exact) mass is 320 g/mol. The Bertz CT molecular complexity index is 832. The molecule has 0 heterocycles. The van der Waals surface area contributed by atoms with Crippen LogP contribution in [0.1, 0.15) is 24.0 Å². The molecular formula is C21H20O3. The maximum Gasteiger partial charge on any atom is 0.313 e. The summed E-state index contributed by atoms with van der Waals surface area (Å²) in [7, 11) is 1.63. The maximum absolute atomic E-state index is 12.4. The molecule has 0 spiro atoms. The van der Waals surface area contributed by atoms with E-state index in [0.29, 0.717) is 0 Å². The predicted molar refractivity (Wildman–Crippen MR) is 95.2 cm³/mol. The third kappa shape index (κ3) is 3.40. The van der Waals surface area contributed by atoms with Gasteiger partial charge in [-0.25, -0.2) is 0 Å². The average molecular weight is 320 g/mol. The second-order valence-electron chi connectivity index (χ2n) is 5.75. The Kier molecular flexibility index (Phi) is 4.80. The van der Waals surface area contributed by atoms with Gasteiger partial charge in [-0.05, 0) is 41.0 Å². The number of esters is 1. The minimum Gasteiger partial charge on any atom is -0.497 e. The third-order valence-electron chi connectivity index (χ3n) is 4.18. The molecule has 0 saturated carbocycles. The second kappa shape index (κ2) is 7.18. The van der Waals surface area contributed by atoms with E-state index in [9.17, 15) is 4.79 Å². The van der Waals surface area contributed by atoms with Crippen LogP contribution in [0.25, 0.3) is 10.8 Å². The van der Waals surface area contributed by atoms with Gasteiger partial charge in [-0.2, -0.15) is 0 Å². The first-order chi connectivity index (χ1) is 11.7. The van der Waals surface area contributed by atoms with E-state index in [1.165, 1.54) is 0 Å². The fourth-order valence-corrected chi connectivity index (χ4v) is 2.76. The van der Waals surface area contributed by atoms with E-state index in [1.807, 2.05) is 73.7 Å². The summed E-state index contributed by atoms with van der Waals surface area (Å²) in [5, 5.41) is 2.22. The van der Waals surface area contributed by atoms with Crippen molar-refractivity contribution in [2.45, 2.75) is 19.4 Å². The summed E-state index contributed by atoms with van der Waals surface area (Å²) < 4.78 is 10.6. The first kappa shape index (κ1) is 16.1. The van der Waals surface area contributed by atoms with Gasteiger partial charge in [0.15, 0.2) is 0 Å². The fraction of sp³-hybridized carbons (Fsp3) is 0.190. The van der Waals surface area contributed by atoms with Gasteiger partial charge in [-0.15, -0.1) is 0 Å². The molecule has 0 aliphatic rings. The summed E-state index contributed by atoms with van der Waals surface area (Å²) in [5.41, 5.74) is 1.93. The molecule has 0 unspecified atom stereocenters. The lowest BCUT2D eigenvalue weighted by Crippen LogP contribution is -2.13. The zero-order valence-corrected chi connectivity index (χ0v) is 13.9. The van der Waals surface area contributed by atoms with Gasteiger partial charge in [0.05, 0.1) is 13.0 Å². The van der Waals surface area contributed by atoms with Gasteiger partial charge in [0.25, 0.3) is 0 Å². The van der Waals surface area contributed by atoms with Gasteiger partial charge in [-0.1, -0.05) is 54.6 Å². The van der Waals surface area contributed by atoms with Crippen LogP contribution in [-0.2, 0) is 16.1 Å². The molecule has 0 N–H and O–H groups in total. The molecule has 122 valence electrons. The van der Waals surface area contributed by atoms with Crippen LogP contribution in [0.15, 0.2) is 66.7 Å². The maximum atomic E-state index is 12.4. The SMILES string of the molecule is COc1ccc(COC(=O)[C@H](C)c2cccc3ccccc23)cc1. The minimum absolute atomic E-state index is 0.220. The molecule has 3 aromatic carbocycles. The molecule has 3 rings (SSSR count). The zero-order valence-electron chi connectivity index (χ0n) is 13.9. The standard InChI is InChI=1S/C21H20O3/c1-15(19-9-5-7-17-6-3-4-8-20(17)19)21(22)24-14-16-10-12-18(23-2)13-11-16/h3-13,15H,14H2,1-2H3/t15-/m1/s1. The number of hydrogen-bond donors (Lipinski definition) is 0. The number of hydrogen-bond acceptors (Lipinski definition) is 3. The molecule has 0 aliphatic heterocycles. The lowest BCUT2D eigenvalue weighted by Gasteiger charge is -2.14. The zero-order chi connectivity index (χ0) is 16.9. The topological polar surface area (TPSA) is 35.5 Å². The van der Waals surface area contributed by atoms with Crippen molar-refractivity contribution in [3.05, 3.63) is 77.9 Å². The smallest absolute Gasteiger partial charge is 0.313 e. The molecular weight excluding hydrogens is 300 g/mol. The fourth-order valence-electron chi connectivity index (χ4n) is 2.76. The number of carbonyl (C=O) groups is 1. The van der Waals surface area contributed by atoms with Crippen LogP contribution >= 0.6 is 0 Å². The van der Waals surface area contributed by atoms with E-state index in [1.54, 1.807) is 7.11 Å². The van der Waals surface area contributed by atoms with Crippen LogP contribution in [0.5, 0.6) is 5.75 Å². The Hall–Kier alpha value is -2.81. The predicted octanol–water partition coefficient (Wildman–Crippen LogP) is 4.70. The number of fused-ring (bicyclic) bond motifs is 1. The van der Waals surface area contributed by atoms with Gasteiger partial charge >= 0.3 is 5.97 Å². The highest BCUT2D eigenvalue weighted by atomic mass is 16.5. The second-order valence-corrected chi connectivity index (χ2v) is 5.75. The van der Waals surface area contributed by atoms with E-state index in [2.05, 4.69) is 0 Å². The molecule has 0 fully saturated rings. The number of ether oxygens (including phenoxy) is 2. The van der Waals surface area contributed by atoms with Crippen molar-refractivity contribution in [3.8, 4) is 5.75 Å². The van der Waals surface area contributed by atoms with E-state index < -0.39 is 0 Å². The number of carbonyl (C=O) groups excluding carboxylic acids is 1. The molecule has 0 bridgehead atoms. The van der Waals surface area contributed by atoms with Crippen LogP contribution in [0.4, 0.5) is 0 Å². The summed E-state index contributed by atoms with van der Waals surface area (Å²) in [6, 6.07) is 21.6. The Labute approximate surface area is 141 Å². The highest BCUT2D eigenvalue weighted by Gasteiger charge is 2.19. The van der Waals surface area contributed by atoms with E-state index >= 15 is 0 Å². The van der Waals surface area contributed by atoms with Crippen LogP contribution in [0.3, 0.4) is 0 Å². The van der Waals surface area contributed by atoms with Gasteiger partial charge in [0, 0.05) is 0 Å². The largest absolute Gasteiger partial charge is 0.497 e. The molecule has 24 heavy (non-hydrogen) atoms. The summed E-state index contributed by atoms with van der Waals surface area (Å²) in [6.07, 6.45) is 0. The molecule has 3 heteroatoms. The first-order valence-corrected chi connectivity index (χ1v) is 7.96. The van der Waals surface area contributed by atoms with E-state index in [0.717, 1.165) is 27.6 Å². The van der Waals surface area contributed by atoms with Crippen LogP contribution in [0.2, 0.25) is 0 Å². The van der Waals surface area contributed by atoms with Gasteiger partial charge in [0.2, 0.25) is 0 Å². The summed E-state index contributed by atoms with van der Waals surface area (Å²) in [5.74, 6) is 0.255. The average Bonchev–Trinajstić information content (AvgIpc) is 2.65. The van der Waals surface area contributed by atoms with Crippen molar-refractivity contribution < 1.29 is 14.3 Å². The molecule has 0 amide bonds. The van der Waals surface area contributed by atoms with E-state index in [-0.39, 0.29) is 18.5 Å². The van der Waals surface area contributed by atoms with Crippen LogP contribution in [0, 0.1) is 0 Å². The lowest BCUT2D eigenvalue weighted by atomic mass is 9.95. The van der Waals surface area contributed by atoms with E-state index in [4.69, 9.17) is 9.47 Å². The Balaban J connectivity index is 1.71. The van der Waals surface area contributed by atoms with Gasteiger partial charge < -0.3 is 9.47 Å². The normalized spacial score (nSPS) is 11.9. The summed E-state index contributed by atoms with van der Waals surface area (Å²) in [6.45, 7) is 2.15. The molecule has 0 aliphatic carbocycles. The van der Waals surface area contributed by atoms with Crippen LogP contribution < -0.4 is 4.74 Å². The molecule has 1 atom stereocenters. The number of rotatable bonds is 5. The Morgan fingerprint density at radius 1 is 0.958 bits per heavy atom. The van der Waals surface area contributed by atoms with Gasteiger partial charge in [0.1, 0.15) is 12.4 Å². The van der Waals surface area contributed by atoms with Gasteiger partial charge in [-0.3, -0.25) is 4.79 Å². The van der Waals surface area contributed by atoms with Crippen LogP contribution in [-0.4, -0.2) is 13.1 Å². The molecule has 0 aromatic heterocycles. The Morgan fingerprint density at radius 3 is 2.42 bits per heavy atom. The molecule has 3 aromatic rings. The number of methoxy groups -OCH3 is 1. The van der Waals surface area contributed by atoms with Crippen molar-refractivity contribution in [1.82, 2.24) is 0 Å². The molecule has 0 saturated heterocycles. The summed E-state index contributed by atoms with van der Waals surface area (Å²) >= 11 is 0. The molecule has 0 radical (unpaired) electrons. The Morgan fingerprint density at radius 2 is 1.67 bits per heavy atom. The highest BCUT2D eigenvalue weighted by molar-refractivity contribution is 5.91. The lowest BCUT2D eigenvalue weighted by molar-refractivity contribution is -0.146. The third-order valence-corrected chi connectivity index (χ3v) is 4.18. The van der Waals surface area contributed by atoms with Crippen molar-refractivity contribution in [2.75, 3.05) is 7.11 Å². The number of benzene rings is 3.